The molecule has 1 aromatic heterocycles. The lowest BCUT2D eigenvalue weighted by Crippen LogP contribution is -2.09. The maximum atomic E-state index is 13.9. The lowest BCUT2D eigenvalue weighted by molar-refractivity contribution is 0.0857. The predicted octanol–water partition coefficient (Wildman–Crippen LogP) is 5.95. The van der Waals surface area contributed by atoms with Gasteiger partial charge < -0.3 is 23.9 Å². The Kier molecular flexibility index (Phi) is 7.27. The van der Waals surface area contributed by atoms with Crippen LogP contribution in [0.15, 0.2) is 54.6 Å². The normalized spacial score (nSPS) is 12.0. The number of hydrogen-bond donors (Lipinski definition) is 1. The lowest BCUT2D eigenvalue weighted by atomic mass is 10.1. The SMILES string of the molecule is CCOc1ccc2[nH]c(C(OCC)c3ccc(OCc4cc(F)ccc4F)c(OC)c3)nc2c1. The quantitative estimate of drug-likeness (QED) is 0.311. The number of ether oxygens (including phenoxy) is 4. The molecule has 178 valence electrons. The van der Waals surface area contributed by atoms with Crippen LogP contribution in [0.5, 0.6) is 17.2 Å². The van der Waals surface area contributed by atoms with E-state index in [2.05, 4.69) is 4.98 Å². The third-order valence-electron chi connectivity index (χ3n) is 5.25. The summed E-state index contributed by atoms with van der Waals surface area (Å²) >= 11 is 0. The Labute approximate surface area is 196 Å². The highest BCUT2D eigenvalue weighted by Crippen LogP contribution is 2.35. The third-order valence-corrected chi connectivity index (χ3v) is 5.25. The molecular formula is C26H26F2N2O4. The minimum atomic E-state index is -0.536. The van der Waals surface area contributed by atoms with Crippen molar-refractivity contribution in [2.75, 3.05) is 20.3 Å². The molecule has 4 aromatic rings. The summed E-state index contributed by atoms with van der Waals surface area (Å²) in [5.41, 5.74) is 2.56. The monoisotopic (exact) mass is 468 g/mol. The summed E-state index contributed by atoms with van der Waals surface area (Å²) in [6.45, 7) is 4.74. The molecule has 0 radical (unpaired) electrons. The van der Waals surface area contributed by atoms with Crippen molar-refractivity contribution in [3.63, 3.8) is 0 Å². The molecule has 0 saturated heterocycles. The van der Waals surface area contributed by atoms with Crippen molar-refractivity contribution < 1.29 is 27.7 Å². The van der Waals surface area contributed by atoms with E-state index in [4.69, 9.17) is 23.9 Å². The molecule has 8 heteroatoms. The van der Waals surface area contributed by atoms with Crippen LogP contribution in [0.4, 0.5) is 8.78 Å². The number of benzene rings is 3. The first-order chi connectivity index (χ1) is 16.5. The van der Waals surface area contributed by atoms with Crippen LogP contribution in [0.2, 0.25) is 0 Å². The molecule has 0 aliphatic rings. The summed E-state index contributed by atoms with van der Waals surface area (Å²) in [6.07, 6.45) is -0.475. The van der Waals surface area contributed by atoms with Gasteiger partial charge in [0.15, 0.2) is 11.5 Å². The molecule has 0 aliphatic heterocycles. The van der Waals surface area contributed by atoms with Gasteiger partial charge >= 0.3 is 0 Å². The van der Waals surface area contributed by atoms with Gasteiger partial charge in [0.1, 0.15) is 35.9 Å². The average molecular weight is 469 g/mol. The summed E-state index contributed by atoms with van der Waals surface area (Å²) in [5, 5.41) is 0. The molecule has 34 heavy (non-hydrogen) atoms. The van der Waals surface area contributed by atoms with Gasteiger partial charge in [0, 0.05) is 18.2 Å². The second kappa shape index (κ2) is 10.5. The molecular weight excluding hydrogens is 442 g/mol. The molecule has 4 rings (SSSR count). The van der Waals surface area contributed by atoms with Crippen molar-refractivity contribution in [3.05, 3.63) is 83.2 Å². The summed E-state index contributed by atoms with van der Waals surface area (Å²) in [4.78, 5) is 8.03. The number of methoxy groups -OCH3 is 1. The zero-order chi connectivity index (χ0) is 24.1. The van der Waals surface area contributed by atoms with Crippen LogP contribution in [-0.2, 0) is 11.3 Å². The van der Waals surface area contributed by atoms with Crippen molar-refractivity contribution in [1.29, 1.82) is 0 Å². The largest absolute Gasteiger partial charge is 0.494 e. The van der Waals surface area contributed by atoms with E-state index in [1.54, 1.807) is 12.1 Å². The number of rotatable bonds is 10. The van der Waals surface area contributed by atoms with Crippen LogP contribution < -0.4 is 14.2 Å². The van der Waals surface area contributed by atoms with Gasteiger partial charge in [-0.3, -0.25) is 0 Å². The molecule has 3 aromatic carbocycles. The first-order valence-corrected chi connectivity index (χ1v) is 11.0. The van der Waals surface area contributed by atoms with Gasteiger partial charge in [-0.1, -0.05) is 6.07 Å². The van der Waals surface area contributed by atoms with E-state index in [0.29, 0.717) is 30.5 Å². The van der Waals surface area contributed by atoms with E-state index in [1.807, 2.05) is 38.1 Å². The fraction of sp³-hybridized carbons (Fsp3) is 0.269. The molecule has 0 amide bonds. The van der Waals surface area contributed by atoms with Crippen LogP contribution in [0.25, 0.3) is 11.0 Å². The van der Waals surface area contributed by atoms with E-state index < -0.39 is 17.7 Å². The number of hydrogen-bond acceptors (Lipinski definition) is 5. The topological polar surface area (TPSA) is 65.6 Å². The Morgan fingerprint density at radius 1 is 0.912 bits per heavy atom. The fourth-order valence-corrected chi connectivity index (χ4v) is 3.66. The van der Waals surface area contributed by atoms with E-state index in [-0.39, 0.29) is 12.2 Å². The predicted molar refractivity (Wildman–Crippen MR) is 124 cm³/mol. The highest BCUT2D eigenvalue weighted by atomic mass is 19.1. The number of halogens is 2. The average Bonchev–Trinajstić information content (AvgIpc) is 3.26. The third kappa shape index (κ3) is 5.12. The smallest absolute Gasteiger partial charge is 0.161 e. The van der Waals surface area contributed by atoms with Crippen LogP contribution in [0.1, 0.15) is 36.9 Å². The molecule has 0 aliphatic carbocycles. The zero-order valence-electron chi connectivity index (χ0n) is 19.2. The summed E-state index contributed by atoms with van der Waals surface area (Å²) in [6, 6.07) is 14.3. The maximum absolute atomic E-state index is 13.9. The Bertz CT molecular complexity index is 1280. The van der Waals surface area contributed by atoms with Gasteiger partial charge in [-0.15, -0.1) is 0 Å². The molecule has 1 heterocycles. The Balaban J connectivity index is 1.61. The van der Waals surface area contributed by atoms with Gasteiger partial charge in [-0.05, 0) is 61.9 Å². The highest BCUT2D eigenvalue weighted by Gasteiger charge is 2.21. The second-order valence-corrected chi connectivity index (χ2v) is 7.50. The number of aromatic nitrogens is 2. The number of aromatic amines is 1. The molecule has 0 bridgehead atoms. The summed E-state index contributed by atoms with van der Waals surface area (Å²) in [7, 11) is 1.51. The van der Waals surface area contributed by atoms with Gasteiger partial charge in [0.2, 0.25) is 0 Å². The lowest BCUT2D eigenvalue weighted by Gasteiger charge is -2.18. The second-order valence-electron chi connectivity index (χ2n) is 7.50. The van der Waals surface area contributed by atoms with Crippen molar-refractivity contribution in [2.24, 2.45) is 0 Å². The molecule has 0 fully saturated rings. The summed E-state index contributed by atoms with van der Waals surface area (Å²) in [5.74, 6) is 1.17. The maximum Gasteiger partial charge on any atom is 0.161 e. The number of H-pyrrole nitrogens is 1. The van der Waals surface area contributed by atoms with Crippen LogP contribution >= 0.6 is 0 Å². The molecule has 1 N–H and O–H groups in total. The highest BCUT2D eigenvalue weighted by molar-refractivity contribution is 5.77. The minimum Gasteiger partial charge on any atom is -0.494 e. The van der Waals surface area contributed by atoms with E-state index >= 15 is 0 Å². The van der Waals surface area contributed by atoms with Crippen molar-refractivity contribution in [1.82, 2.24) is 9.97 Å². The zero-order valence-corrected chi connectivity index (χ0v) is 19.2. The molecule has 0 spiro atoms. The van der Waals surface area contributed by atoms with Crippen LogP contribution in [0.3, 0.4) is 0 Å². The van der Waals surface area contributed by atoms with Crippen molar-refractivity contribution in [3.8, 4) is 17.2 Å². The van der Waals surface area contributed by atoms with E-state index in [9.17, 15) is 8.78 Å². The Morgan fingerprint density at radius 3 is 2.53 bits per heavy atom. The number of imidazole rings is 1. The number of nitrogens with one attached hydrogen (secondary N) is 1. The van der Waals surface area contributed by atoms with Gasteiger partial charge in [0.05, 0.1) is 24.8 Å². The van der Waals surface area contributed by atoms with Crippen LogP contribution in [-0.4, -0.2) is 30.3 Å². The number of nitrogens with zero attached hydrogens (tertiary/aromatic N) is 1. The standard InChI is InChI=1S/C26H26F2N2O4/c1-4-32-19-8-10-21-22(14-19)30-26(29-21)25(33-5-2)16-6-11-23(24(13-16)31-3)34-15-17-12-18(27)7-9-20(17)28/h6-14,25H,4-5,15H2,1-3H3,(H,29,30). The minimum absolute atomic E-state index is 0.118. The van der Waals surface area contributed by atoms with E-state index in [1.165, 1.54) is 7.11 Å². The number of fused-ring (bicyclic) bond motifs is 1. The van der Waals surface area contributed by atoms with Crippen LogP contribution in [0, 0.1) is 11.6 Å². The molecule has 6 nitrogen and oxygen atoms in total. The fourth-order valence-electron chi connectivity index (χ4n) is 3.66. The Morgan fingerprint density at radius 2 is 1.76 bits per heavy atom. The summed E-state index contributed by atoms with van der Waals surface area (Å²) < 4.78 is 50.2. The molecule has 0 saturated carbocycles. The molecule has 1 unspecified atom stereocenters. The van der Waals surface area contributed by atoms with E-state index in [0.717, 1.165) is 40.5 Å². The van der Waals surface area contributed by atoms with Crippen molar-refractivity contribution in [2.45, 2.75) is 26.6 Å². The first-order valence-electron chi connectivity index (χ1n) is 11.0. The van der Waals surface area contributed by atoms with Crippen molar-refractivity contribution >= 4 is 11.0 Å². The molecule has 1 atom stereocenters. The Hall–Kier alpha value is -3.65. The van der Waals surface area contributed by atoms with Gasteiger partial charge in [-0.25, -0.2) is 13.8 Å². The first kappa shape index (κ1) is 23.5. The van der Waals surface area contributed by atoms with Gasteiger partial charge in [-0.2, -0.15) is 0 Å². The van der Waals surface area contributed by atoms with Gasteiger partial charge in [0.25, 0.3) is 0 Å².